The lowest BCUT2D eigenvalue weighted by Gasteiger charge is -2.24. The number of nitrogens with two attached hydrogens (primary N) is 1. The Balaban J connectivity index is 1.64. The molecule has 1 aliphatic rings. The van der Waals surface area contributed by atoms with Crippen molar-refractivity contribution in [1.29, 1.82) is 0 Å². The van der Waals surface area contributed by atoms with Crippen LogP contribution in [0.5, 0.6) is 5.75 Å². The van der Waals surface area contributed by atoms with Crippen LogP contribution in [-0.4, -0.2) is 33.2 Å². The molecule has 0 radical (unpaired) electrons. The average Bonchev–Trinajstić information content (AvgIpc) is 3.28. The van der Waals surface area contributed by atoms with Gasteiger partial charge in [0.25, 0.3) is 0 Å². The number of aromatic nitrogens is 3. The monoisotopic (exact) mass is 379 g/mol. The van der Waals surface area contributed by atoms with Gasteiger partial charge < -0.3 is 10.5 Å². The van der Waals surface area contributed by atoms with Crippen molar-refractivity contribution in [3.8, 4) is 5.75 Å². The Labute approximate surface area is 166 Å². The molecule has 0 amide bonds. The first-order chi connectivity index (χ1) is 13.3. The number of likely N-dealkylation sites (tertiary alicyclic amines) is 1. The van der Waals surface area contributed by atoms with Gasteiger partial charge >= 0.3 is 0 Å². The minimum absolute atomic E-state index is 0.0357. The Morgan fingerprint density at radius 1 is 1.21 bits per heavy atom. The average molecular weight is 380 g/mol. The summed E-state index contributed by atoms with van der Waals surface area (Å²) in [5.41, 5.74) is 10.4. The number of hydrogen-bond acceptors (Lipinski definition) is 5. The van der Waals surface area contributed by atoms with Crippen LogP contribution in [0.4, 0.5) is 5.82 Å². The predicted molar refractivity (Wildman–Crippen MR) is 111 cm³/mol. The third-order valence-electron chi connectivity index (χ3n) is 5.47. The second kappa shape index (κ2) is 7.09. The minimum atomic E-state index is -0.0357. The highest BCUT2D eigenvalue weighted by atomic mass is 16.5. The molecule has 1 saturated heterocycles. The number of rotatable bonds is 4. The summed E-state index contributed by atoms with van der Waals surface area (Å²) in [5, 5.41) is 4.66. The molecular formula is C22H29N5O. The number of nitrogens with zero attached hydrogens (tertiary/aromatic N) is 4. The summed E-state index contributed by atoms with van der Waals surface area (Å²) in [4.78, 5) is 7.41. The molecule has 3 aromatic rings. The van der Waals surface area contributed by atoms with Crippen LogP contribution in [0, 0.1) is 0 Å². The van der Waals surface area contributed by atoms with E-state index < -0.39 is 0 Å². The molecule has 0 saturated carbocycles. The van der Waals surface area contributed by atoms with Gasteiger partial charge in [0.05, 0.1) is 24.5 Å². The van der Waals surface area contributed by atoms with Crippen molar-refractivity contribution in [3.05, 3.63) is 53.3 Å². The van der Waals surface area contributed by atoms with Gasteiger partial charge in [0.1, 0.15) is 11.6 Å². The number of fused-ring (bicyclic) bond motifs is 1. The smallest absolute Gasteiger partial charge is 0.157 e. The van der Waals surface area contributed by atoms with E-state index in [1.165, 1.54) is 5.56 Å². The van der Waals surface area contributed by atoms with E-state index in [0.717, 1.165) is 48.7 Å². The van der Waals surface area contributed by atoms with Gasteiger partial charge in [0, 0.05) is 24.1 Å². The van der Waals surface area contributed by atoms with E-state index in [1.54, 1.807) is 11.6 Å². The van der Waals surface area contributed by atoms with Crippen LogP contribution in [0.1, 0.15) is 56.6 Å². The lowest BCUT2D eigenvalue weighted by molar-refractivity contribution is 0.244. The second-order valence-electron chi connectivity index (χ2n) is 8.64. The summed E-state index contributed by atoms with van der Waals surface area (Å²) in [7, 11) is 1.71. The minimum Gasteiger partial charge on any atom is -0.497 e. The van der Waals surface area contributed by atoms with Crippen LogP contribution >= 0.6 is 0 Å². The molecule has 0 aliphatic carbocycles. The van der Waals surface area contributed by atoms with Crippen LogP contribution in [0.3, 0.4) is 0 Å². The van der Waals surface area contributed by atoms with Gasteiger partial charge in [-0.1, -0.05) is 32.9 Å². The van der Waals surface area contributed by atoms with E-state index in [-0.39, 0.29) is 11.5 Å². The lowest BCUT2D eigenvalue weighted by Crippen LogP contribution is -2.24. The molecule has 1 fully saturated rings. The molecule has 148 valence electrons. The van der Waals surface area contributed by atoms with E-state index in [4.69, 9.17) is 15.5 Å². The first-order valence-electron chi connectivity index (χ1n) is 9.89. The fourth-order valence-corrected chi connectivity index (χ4v) is 3.91. The van der Waals surface area contributed by atoms with Gasteiger partial charge in [-0.25, -0.2) is 4.98 Å². The summed E-state index contributed by atoms with van der Waals surface area (Å²) in [6.45, 7) is 8.39. The molecule has 0 bridgehead atoms. The van der Waals surface area contributed by atoms with Crippen molar-refractivity contribution in [2.45, 2.75) is 51.6 Å². The Morgan fingerprint density at radius 3 is 2.79 bits per heavy atom. The third kappa shape index (κ3) is 3.56. The molecule has 1 atom stereocenters. The van der Waals surface area contributed by atoms with Gasteiger partial charge in [0.15, 0.2) is 5.65 Å². The van der Waals surface area contributed by atoms with Gasteiger partial charge in [-0.05, 0) is 37.1 Å². The summed E-state index contributed by atoms with van der Waals surface area (Å²) in [6.07, 6.45) is 2.25. The quantitative estimate of drug-likeness (QED) is 0.743. The van der Waals surface area contributed by atoms with Crippen LogP contribution in [0.2, 0.25) is 0 Å². The maximum Gasteiger partial charge on any atom is 0.157 e. The molecule has 1 aliphatic heterocycles. The van der Waals surface area contributed by atoms with Crippen LogP contribution in [-0.2, 0) is 12.0 Å². The van der Waals surface area contributed by atoms with Gasteiger partial charge in [-0.3, -0.25) is 4.90 Å². The Morgan fingerprint density at radius 2 is 2.04 bits per heavy atom. The molecule has 4 rings (SSSR count). The standard InChI is InChI=1S/C22H29N5O/c1-22(2,3)19-13-21-24-17(12-20(23)27(21)25-19)18-9-6-10-26(18)14-15-7-5-8-16(11-15)28-4/h5,7-8,11-13,18H,6,9-10,14,23H2,1-4H3. The number of nitrogen functional groups attached to an aromatic ring is 1. The summed E-state index contributed by atoms with van der Waals surface area (Å²) in [5.74, 6) is 1.54. The van der Waals surface area contributed by atoms with E-state index in [1.807, 2.05) is 18.2 Å². The van der Waals surface area contributed by atoms with Crippen LogP contribution in [0.15, 0.2) is 36.4 Å². The molecular weight excluding hydrogens is 350 g/mol. The fraction of sp³-hybridized carbons (Fsp3) is 0.455. The Kier molecular flexibility index (Phi) is 4.75. The molecule has 2 N–H and O–H groups in total. The molecule has 6 heteroatoms. The van der Waals surface area contributed by atoms with Crippen LogP contribution in [0.25, 0.3) is 5.65 Å². The Bertz CT molecular complexity index is 988. The molecule has 0 spiro atoms. The largest absolute Gasteiger partial charge is 0.497 e. The number of hydrogen-bond donors (Lipinski definition) is 1. The van der Waals surface area contributed by atoms with E-state index in [9.17, 15) is 0 Å². The second-order valence-corrected chi connectivity index (χ2v) is 8.64. The number of methoxy groups -OCH3 is 1. The molecule has 28 heavy (non-hydrogen) atoms. The van der Waals surface area contributed by atoms with E-state index in [2.05, 4.69) is 49.0 Å². The lowest BCUT2D eigenvalue weighted by atomic mass is 9.93. The zero-order valence-corrected chi connectivity index (χ0v) is 17.1. The number of benzene rings is 1. The van der Waals surface area contributed by atoms with Gasteiger partial charge in [-0.2, -0.15) is 9.61 Å². The maximum absolute atomic E-state index is 6.34. The van der Waals surface area contributed by atoms with Crippen molar-refractivity contribution in [2.24, 2.45) is 0 Å². The predicted octanol–water partition coefficient (Wildman–Crippen LogP) is 3.95. The van der Waals surface area contributed by atoms with Crippen molar-refractivity contribution in [3.63, 3.8) is 0 Å². The SMILES string of the molecule is COc1cccc(CN2CCCC2c2cc(N)n3nc(C(C)(C)C)cc3n2)c1. The van der Waals surface area contributed by atoms with Crippen molar-refractivity contribution >= 4 is 11.5 Å². The van der Waals surface area contributed by atoms with Gasteiger partial charge in [0.2, 0.25) is 0 Å². The maximum atomic E-state index is 6.34. The first-order valence-corrected chi connectivity index (χ1v) is 9.89. The highest BCUT2D eigenvalue weighted by Gasteiger charge is 2.28. The molecule has 3 heterocycles. The van der Waals surface area contributed by atoms with Crippen molar-refractivity contribution < 1.29 is 4.74 Å². The molecule has 2 aromatic heterocycles. The molecule has 1 aromatic carbocycles. The molecule has 1 unspecified atom stereocenters. The highest BCUT2D eigenvalue weighted by Crippen LogP contribution is 2.34. The van der Waals surface area contributed by atoms with Crippen molar-refractivity contribution in [2.75, 3.05) is 19.4 Å². The summed E-state index contributed by atoms with van der Waals surface area (Å²) in [6, 6.07) is 12.6. The highest BCUT2D eigenvalue weighted by molar-refractivity contribution is 5.49. The van der Waals surface area contributed by atoms with Crippen LogP contribution < -0.4 is 10.5 Å². The summed E-state index contributed by atoms with van der Waals surface area (Å²) < 4.78 is 7.12. The first kappa shape index (κ1) is 18.7. The zero-order valence-electron chi connectivity index (χ0n) is 17.1. The third-order valence-corrected chi connectivity index (χ3v) is 5.47. The normalized spacial score (nSPS) is 18.1. The summed E-state index contributed by atoms with van der Waals surface area (Å²) >= 11 is 0. The van der Waals surface area contributed by atoms with Crippen molar-refractivity contribution in [1.82, 2.24) is 19.5 Å². The zero-order chi connectivity index (χ0) is 19.9. The fourth-order valence-electron chi connectivity index (χ4n) is 3.91. The number of anilines is 1. The van der Waals surface area contributed by atoms with E-state index >= 15 is 0 Å². The Hall–Kier alpha value is -2.60. The number of ether oxygens (including phenoxy) is 1. The van der Waals surface area contributed by atoms with Gasteiger partial charge in [-0.15, -0.1) is 0 Å². The topological polar surface area (TPSA) is 68.7 Å². The molecule has 6 nitrogen and oxygen atoms in total. The van der Waals surface area contributed by atoms with E-state index in [0.29, 0.717) is 5.82 Å².